The van der Waals surface area contributed by atoms with Crippen LogP contribution in [-0.2, 0) is 20.9 Å². The van der Waals surface area contributed by atoms with Crippen molar-refractivity contribution >= 4 is 35.1 Å². The molecular formula is C20H27ClN4O3S. The first-order valence-corrected chi connectivity index (χ1v) is 10.8. The second kappa shape index (κ2) is 11.3. The third-order valence-electron chi connectivity index (χ3n) is 4.32. The van der Waals surface area contributed by atoms with E-state index in [1.165, 1.54) is 18.7 Å². The van der Waals surface area contributed by atoms with E-state index in [9.17, 15) is 9.59 Å². The minimum Gasteiger partial charge on any atom is -0.385 e. The van der Waals surface area contributed by atoms with Gasteiger partial charge in [-0.15, -0.1) is 10.2 Å². The third-order valence-corrected chi connectivity index (χ3v) is 5.61. The number of nitrogens with zero attached hydrogens (tertiary/aromatic N) is 3. The number of Topliss-reactive ketones (excluding diaryl/α,β-unsaturated/α-hetero) is 1. The highest BCUT2D eigenvalue weighted by Crippen LogP contribution is 2.29. The molecule has 1 aromatic heterocycles. The topological polar surface area (TPSA) is 86.1 Å². The van der Waals surface area contributed by atoms with Crippen molar-refractivity contribution in [3.05, 3.63) is 29.3 Å². The zero-order chi connectivity index (χ0) is 21.4. The molecule has 0 aliphatic rings. The molecule has 2 aromatic rings. The first-order chi connectivity index (χ1) is 13.8. The molecular weight excluding hydrogens is 412 g/mol. The fourth-order valence-corrected chi connectivity index (χ4v) is 3.88. The lowest BCUT2D eigenvalue weighted by molar-refractivity contribution is -0.126. The van der Waals surface area contributed by atoms with Gasteiger partial charge in [-0.2, -0.15) is 0 Å². The Morgan fingerprint density at radius 2 is 2.00 bits per heavy atom. The summed E-state index contributed by atoms with van der Waals surface area (Å²) in [7, 11) is 1.65. The van der Waals surface area contributed by atoms with Crippen LogP contribution in [0.4, 0.5) is 0 Å². The van der Waals surface area contributed by atoms with Crippen molar-refractivity contribution in [1.29, 1.82) is 0 Å². The highest BCUT2D eigenvalue weighted by Gasteiger charge is 2.22. The Hall–Kier alpha value is -1.90. The van der Waals surface area contributed by atoms with Gasteiger partial charge in [0.15, 0.2) is 16.8 Å². The number of benzene rings is 1. The summed E-state index contributed by atoms with van der Waals surface area (Å²) in [6, 6.07) is 6.96. The third kappa shape index (κ3) is 6.55. The van der Waals surface area contributed by atoms with E-state index in [2.05, 4.69) is 15.5 Å². The molecule has 0 radical (unpaired) electrons. The number of amides is 1. The highest BCUT2D eigenvalue weighted by atomic mass is 35.5. The van der Waals surface area contributed by atoms with Gasteiger partial charge in [0.2, 0.25) is 5.91 Å². The van der Waals surface area contributed by atoms with Crippen LogP contribution < -0.4 is 5.32 Å². The Morgan fingerprint density at radius 3 is 2.62 bits per heavy atom. The van der Waals surface area contributed by atoms with Crippen LogP contribution in [0.15, 0.2) is 29.4 Å². The molecule has 0 aliphatic carbocycles. The molecule has 0 saturated heterocycles. The van der Waals surface area contributed by atoms with Crippen LogP contribution in [0.1, 0.15) is 27.2 Å². The second-order valence-electron chi connectivity index (χ2n) is 6.97. The molecule has 0 saturated carbocycles. The number of halogens is 1. The summed E-state index contributed by atoms with van der Waals surface area (Å²) < 4.78 is 7.10. The van der Waals surface area contributed by atoms with Crippen LogP contribution in [0.3, 0.4) is 0 Å². The summed E-state index contributed by atoms with van der Waals surface area (Å²) in [6.45, 7) is 6.52. The van der Waals surface area contributed by atoms with Crippen molar-refractivity contribution in [3.63, 3.8) is 0 Å². The van der Waals surface area contributed by atoms with Gasteiger partial charge in [-0.3, -0.25) is 9.59 Å². The van der Waals surface area contributed by atoms with E-state index < -0.39 is 6.04 Å². The normalized spacial score (nSPS) is 12.2. The van der Waals surface area contributed by atoms with Crippen molar-refractivity contribution in [2.24, 2.45) is 5.92 Å². The van der Waals surface area contributed by atoms with Gasteiger partial charge < -0.3 is 14.6 Å². The lowest BCUT2D eigenvalue weighted by atomic mass is 10.0. The molecule has 1 amide bonds. The number of carbonyl (C=O) groups is 2. The maximum atomic E-state index is 12.4. The maximum absolute atomic E-state index is 12.4. The quantitative estimate of drug-likeness (QED) is 0.427. The molecule has 2 rings (SSSR count). The van der Waals surface area contributed by atoms with Gasteiger partial charge in [0.05, 0.1) is 16.8 Å². The van der Waals surface area contributed by atoms with Crippen molar-refractivity contribution < 1.29 is 14.3 Å². The van der Waals surface area contributed by atoms with E-state index in [0.717, 1.165) is 12.0 Å². The minimum absolute atomic E-state index is 0.0333. The molecule has 1 heterocycles. The monoisotopic (exact) mass is 438 g/mol. The minimum atomic E-state index is -0.485. The Balaban J connectivity index is 2.16. The number of ether oxygens (including phenoxy) is 1. The lowest BCUT2D eigenvalue weighted by Gasteiger charge is -2.19. The molecule has 1 unspecified atom stereocenters. The Kier molecular flexibility index (Phi) is 9.13. The smallest absolute Gasteiger partial charge is 0.231 e. The predicted molar refractivity (Wildman–Crippen MR) is 115 cm³/mol. The number of thioether (sulfide) groups is 1. The fraction of sp³-hybridized carbons (Fsp3) is 0.500. The zero-order valence-corrected chi connectivity index (χ0v) is 18.7. The fourth-order valence-electron chi connectivity index (χ4n) is 2.89. The number of carbonyl (C=O) groups excluding carboxylic acids is 2. The standard InChI is InChI=1S/C20H27ClN4O3S/c1-13(2)18(14(3)26)22-17(27)12-29-20-24-23-19(25(20)10-7-11-28-4)15-8-5-6-9-16(15)21/h5-6,8-9,13,18H,7,10-12H2,1-4H3,(H,22,27). The van der Waals surface area contributed by atoms with Crippen LogP contribution in [0.5, 0.6) is 0 Å². The van der Waals surface area contributed by atoms with Gasteiger partial charge >= 0.3 is 0 Å². The number of methoxy groups -OCH3 is 1. The molecule has 7 nitrogen and oxygen atoms in total. The molecule has 9 heteroatoms. The van der Waals surface area contributed by atoms with Crippen molar-refractivity contribution in [2.75, 3.05) is 19.5 Å². The molecule has 1 atom stereocenters. The van der Waals surface area contributed by atoms with Crippen molar-refractivity contribution in [1.82, 2.24) is 20.1 Å². The number of nitrogens with one attached hydrogen (secondary N) is 1. The first kappa shape index (κ1) is 23.4. The van der Waals surface area contributed by atoms with Crippen LogP contribution >= 0.6 is 23.4 Å². The van der Waals surface area contributed by atoms with Crippen LogP contribution in [0, 0.1) is 5.92 Å². The van der Waals surface area contributed by atoms with Crippen molar-refractivity contribution in [2.45, 2.75) is 44.9 Å². The van der Waals surface area contributed by atoms with E-state index in [4.69, 9.17) is 16.3 Å². The molecule has 0 aliphatic heterocycles. The van der Waals surface area contributed by atoms with Gasteiger partial charge in [0, 0.05) is 25.8 Å². The summed E-state index contributed by atoms with van der Waals surface area (Å²) in [5.41, 5.74) is 0.784. The summed E-state index contributed by atoms with van der Waals surface area (Å²) in [6.07, 6.45) is 0.769. The maximum Gasteiger partial charge on any atom is 0.231 e. The number of rotatable bonds is 11. The number of hydrogen-bond acceptors (Lipinski definition) is 6. The lowest BCUT2D eigenvalue weighted by Crippen LogP contribution is -2.44. The molecule has 29 heavy (non-hydrogen) atoms. The van der Waals surface area contributed by atoms with Crippen molar-refractivity contribution in [3.8, 4) is 11.4 Å². The second-order valence-corrected chi connectivity index (χ2v) is 8.32. The van der Waals surface area contributed by atoms with Gasteiger partial charge in [-0.25, -0.2) is 0 Å². The predicted octanol–water partition coefficient (Wildman–Crippen LogP) is 3.46. The van der Waals surface area contributed by atoms with Crippen LogP contribution in [0.2, 0.25) is 5.02 Å². The molecule has 158 valence electrons. The molecule has 1 N–H and O–H groups in total. The molecule has 0 spiro atoms. The van der Waals surface area contributed by atoms with Gasteiger partial charge in [0.25, 0.3) is 0 Å². The summed E-state index contributed by atoms with van der Waals surface area (Å²) in [5.74, 6) is 0.558. The van der Waals surface area contributed by atoms with Gasteiger partial charge in [-0.05, 0) is 31.4 Å². The van der Waals surface area contributed by atoms with Crippen LogP contribution in [-0.4, -0.2) is 52.0 Å². The van der Waals surface area contributed by atoms with E-state index in [0.29, 0.717) is 29.2 Å². The molecule has 1 aromatic carbocycles. The van der Waals surface area contributed by atoms with Gasteiger partial charge in [0.1, 0.15) is 0 Å². The Labute approximate surface area is 180 Å². The SMILES string of the molecule is COCCCn1c(SCC(=O)NC(C(C)=O)C(C)C)nnc1-c1ccccc1Cl. The average Bonchev–Trinajstić information content (AvgIpc) is 3.07. The van der Waals surface area contributed by atoms with Gasteiger partial charge in [-0.1, -0.05) is 49.3 Å². The molecule has 0 fully saturated rings. The van der Waals surface area contributed by atoms with Crippen LogP contribution in [0.25, 0.3) is 11.4 Å². The van der Waals surface area contributed by atoms with E-state index in [1.807, 2.05) is 36.6 Å². The Bertz CT molecular complexity index is 841. The zero-order valence-electron chi connectivity index (χ0n) is 17.1. The number of ketones is 1. The van der Waals surface area contributed by atoms with E-state index >= 15 is 0 Å². The van der Waals surface area contributed by atoms with E-state index in [1.54, 1.807) is 13.2 Å². The molecule has 0 bridgehead atoms. The summed E-state index contributed by atoms with van der Waals surface area (Å²) >= 11 is 7.62. The largest absolute Gasteiger partial charge is 0.385 e. The first-order valence-electron chi connectivity index (χ1n) is 9.44. The Morgan fingerprint density at radius 1 is 1.28 bits per heavy atom. The summed E-state index contributed by atoms with van der Waals surface area (Å²) in [4.78, 5) is 24.1. The highest BCUT2D eigenvalue weighted by molar-refractivity contribution is 7.99. The number of hydrogen-bond donors (Lipinski definition) is 1. The number of aromatic nitrogens is 3. The summed E-state index contributed by atoms with van der Waals surface area (Å²) in [5, 5.41) is 12.6. The average molecular weight is 439 g/mol. The van der Waals surface area contributed by atoms with E-state index in [-0.39, 0.29) is 23.4 Å².